The number of hydrogen-bond acceptors (Lipinski definition) is 5. The Morgan fingerprint density at radius 2 is 2.09 bits per heavy atom. The standard InChI is InChI=1S/C18H17NO4/c1-12-4-3-5-13(10-12)18(20)23-19-16-8-9-22-17-11-14(21-2)6-7-15(16)17/h3-7,10-11H,8-9H2,1-2H3. The zero-order valence-corrected chi connectivity index (χ0v) is 13.0. The number of hydrogen-bond donors (Lipinski definition) is 0. The Labute approximate surface area is 134 Å². The lowest BCUT2D eigenvalue weighted by Crippen LogP contribution is -2.17. The molecule has 23 heavy (non-hydrogen) atoms. The Hall–Kier alpha value is -2.82. The number of rotatable bonds is 3. The van der Waals surface area contributed by atoms with Crippen molar-refractivity contribution in [2.75, 3.05) is 13.7 Å². The van der Waals surface area contributed by atoms with Crippen LogP contribution in [0.5, 0.6) is 11.5 Å². The van der Waals surface area contributed by atoms with Crippen molar-refractivity contribution in [3.63, 3.8) is 0 Å². The number of benzene rings is 2. The molecule has 0 amide bonds. The van der Waals surface area contributed by atoms with Crippen molar-refractivity contribution in [3.05, 3.63) is 59.2 Å². The van der Waals surface area contributed by atoms with Crippen LogP contribution in [0, 0.1) is 6.92 Å². The number of oxime groups is 1. The zero-order valence-electron chi connectivity index (χ0n) is 13.0. The molecule has 0 fully saturated rings. The van der Waals surface area contributed by atoms with E-state index in [-0.39, 0.29) is 0 Å². The molecular weight excluding hydrogens is 294 g/mol. The van der Waals surface area contributed by atoms with Crippen LogP contribution < -0.4 is 9.47 Å². The van der Waals surface area contributed by atoms with Crippen LogP contribution in [0.15, 0.2) is 47.6 Å². The lowest BCUT2D eigenvalue weighted by atomic mass is 10.0. The monoisotopic (exact) mass is 311 g/mol. The van der Waals surface area contributed by atoms with Crippen LogP contribution in [-0.4, -0.2) is 25.4 Å². The van der Waals surface area contributed by atoms with Gasteiger partial charge in [-0.05, 0) is 31.2 Å². The van der Waals surface area contributed by atoms with Gasteiger partial charge in [0.1, 0.15) is 11.5 Å². The van der Waals surface area contributed by atoms with Gasteiger partial charge in [0, 0.05) is 18.1 Å². The lowest BCUT2D eigenvalue weighted by molar-refractivity contribution is 0.0514. The highest BCUT2D eigenvalue weighted by molar-refractivity contribution is 6.04. The summed E-state index contributed by atoms with van der Waals surface area (Å²) in [5, 5.41) is 4.03. The molecule has 1 aliphatic heterocycles. The number of carbonyl (C=O) groups is 1. The fourth-order valence-corrected chi connectivity index (χ4v) is 2.40. The summed E-state index contributed by atoms with van der Waals surface area (Å²) in [5.74, 6) is 0.922. The molecule has 0 aromatic heterocycles. The van der Waals surface area contributed by atoms with Crippen molar-refractivity contribution in [3.8, 4) is 11.5 Å². The SMILES string of the molecule is COc1ccc2c(c1)OCCC2=NOC(=O)c1cccc(C)c1. The van der Waals surface area contributed by atoms with Crippen molar-refractivity contribution < 1.29 is 19.1 Å². The highest BCUT2D eigenvalue weighted by atomic mass is 16.7. The van der Waals surface area contributed by atoms with Crippen molar-refractivity contribution in [1.29, 1.82) is 0 Å². The zero-order chi connectivity index (χ0) is 16.2. The summed E-state index contributed by atoms with van der Waals surface area (Å²) in [7, 11) is 1.60. The van der Waals surface area contributed by atoms with Crippen LogP contribution >= 0.6 is 0 Å². The topological polar surface area (TPSA) is 57.1 Å². The van der Waals surface area contributed by atoms with Crippen molar-refractivity contribution >= 4 is 11.7 Å². The average Bonchev–Trinajstić information content (AvgIpc) is 2.59. The summed E-state index contributed by atoms with van der Waals surface area (Å²) in [5.41, 5.74) is 2.98. The third-order valence-corrected chi connectivity index (χ3v) is 3.59. The van der Waals surface area contributed by atoms with Crippen LogP contribution in [-0.2, 0) is 4.84 Å². The maximum atomic E-state index is 12.1. The number of nitrogens with zero attached hydrogens (tertiary/aromatic N) is 1. The van der Waals surface area contributed by atoms with Crippen LogP contribution in [0.25, 0.3) is 0 Å². The van der Waals surface area contributed by atoms with Gasteiger partial charge >= 0.3 is 5.97 Å². The molecule has 1 heterocycles. The summed E-state index contributed by atoms with van der Waals surface area (Å²) in [4.78, 5) is 17.2. The summed E-state index contributed by atoms with van der Waals surface area (Å²) in [6, 6.07) is 12.7. The van der Waals surface area contributed by atoms with E-state index in [0.29, 0.717) is 35.8 Å². The minimum atomic E-state index is -0.470. The minimum Gasteiger partial charge on any atom is -0.497 e. The van der Waals surface area contributed by atoms with Crippen LogP contribution in [0.4, 0.5) is 0 Å². The Balaban J connectivity index is 1.80. The minimum absolute atomic E-state index is 0.470. The molecule has 0 saturated carbocycles. The van der Waals surface area contributed by atoms with Gasteiger partial charge in [0.2, 0.25) is 0 Å². The Kier molecular flexibility index (Phi) is 4.28. The molecular formula is C18H17NO4. The maximum Gasteiger partial charge on any atom is 0.365 e. The number of fused-ring (bicyclic) bond motifs is 1. The Morgan fingerprint density at radius 1 is 1.22 bits per heavy atom. The fourth-order valence-electron chi connectivity index (χ4n) is 2.40. The van der Waals surface area contributed by atoms with Gasteiger partial charge in [-0.25, -0.2) is 4.79 Å². The third-order valence-electron chi connectivity index (χ3n) is 3.59. The number of ether oxygens (including phenoxy) is 2. The molecule has 5 nitrogen and oxygen atoms in total. The molecule has 0 unspecified atom stereocenters. The second-order valence-electron chi connectivity index (χ2n) is 5.25. The van der Waals surface area contributed by atoms with Crippen molar-refractivity contribution in [2.24, 2.45) is 5.16 Å². The van der Waals surface area contributed by atoms with Gasteiger partial charge in [0.05, 0.1) is 25.0 Å². The van der Waals surface area contributed by atoms with Gasteiger partial charge in [0.15, 0.2) is 0 Å². The predicted molar refractivity (Wildman–Crippen MR) is 86.2 cm³/mol. The number of carbonyl (C=O) groups excluding carboxylic acids is 1. The van der Waals surface area contributed by atoms with Crippen LogP contribution in [0.2, 0.25) is 0 Å². The highest BCUT2D eigenvalue weighted by Crippen LogP contribution is 2.29. The van der Waals surface area contributed by atoms with Gasteiger partial charge in [-0.1, -0.05) is 22.9 Å². The molecule has 0 atom stereocenters. The number of aryl methyl sites for hydroxylation is 1. The molecule has 5 heteroatoms. The molecule has 2 aromatic carbocycles. The lowest BCUT2D eigenvalue weighted by Gasteiger charge is -2.19. The first kappa shape index (κ1) is 15.1. The molecule has 0 saturated heterocycles. The maximum absolute atomic E-state index is 12.1. The quantitative estimate of drug-likeness (QED) is 0.644. The Morgan fingerprint density at radius 3 is 2.87 bits per heavy atom. The van der Waals surface area contributed by atoms with Gasteiger partial charge in [-0.3, -0.25) is 0 Å². The molecule has 118 valence electrons. The van der Waals surface area contributed by atoms with Crippen LogP contribution in [0.1, 0.15) is 27.9 Å². The summed E-state index contributed by atoms with van der Waals surface area (Å²) in [6.45, 7) is 2.41. The molecule has 0 N–H and O–H groups in total. The first-order chi connectivity index (χ1) is 11.2. The van der Waals surface area contributed by atoms with E-state index in [4.69, 9.17) is 14.3 Å². The van der Waals surface area contributed by atoms with Gasteiger partial charge in [-0.15, -0.1) is 0 Å². The van der Waals surface area contributed by atoms with Crippen molar-refractivity contribution in [1.82, 2.24) is 0 Å². The molecule has 1 aliphatic rings. The average molecular weight is 311 g/mol. The molecule has 0 radical (unpaired) electrons. The Bertz CT molecular complexity index is 767. The van der Waals surface area contributed by atoms with E-state index in [1.165, 1.54) is 0 Å². The molecule has 0 spiro atoms. The third kappa shape index (κ3) is 3.34. The normalized spacial score (nSPS) is 14.8. The summed E-state index contributed by atoms with van der Waals surface area (Å²) < 4.78 is 10.8. The molecule has 3 rings (SSSR count). The van der Waals surface area contributed by atoms with E-state index in [1.54, 1.807) is 25.3 Å². The van der Waals surface area contributed by atoms with Crippen LogP contribution in [0.3, 0.4) is 0 Å². The van der Waals surface area contributed by atoms with E-state index >= 15 is 0 Å². The van der Waals surface area contributed by atoms with Gasteiger partial charge < -0.3 is 14.3 Å². The smallest absolute Gasteiger partial charge is 0.365 e. The van der Waals surface area contributed by atoms with Gasteiger partial charge in [-0.2, -0.15) is 0 Å². The summed E-state index contributed by atoms with van der Waals surface area (Å²) in [6.07, 6.45) is 0.584. The van der Waals surface area contributed by atoms with E-state index in [2.05, 4.69) is 5.16 Å². The second kappa shape index (κ2) is 6.52. The van der Waals surface area contributed by atoms with Gasteiger partial charge in [0.25, 0.3) is 0 Å². The molecule has 2 aromatic rings. The highest BCUT2D eigenvalue weighted by Gasteiger charge is 2.19. The van der Waals surface area contributed by atoms with E-state index < -0.39 is 5.97 Å². The summed E-state index contributed by atoms with van der Waals surface area (Å²) >= 11 is 0. The van der Waals surface area contributed by atoms with E-state index in [0.717, 1.165) is 11.1 Å². The largest absolute Gasteiger partial charge is 0.497 e. The molecule has 0 bridgehead atoms. The van der Waals surface area contributed by atoms with Crippen molar-refractivity contribution in [2.45, 2.75) is 13.3 Å². The first-order valence-electron chi connectivity index (χ1n) is 7.33. The second-order valence-corrected chi connectivity index (χ2v) is 5.25. The molecule has 0 aliphatic carbocycles. The number of methoxy groups -OCH3 is 1. The fraction of sp³-hybridized carbons (Fsp3) is 0.222. The van der Waals surface area contributed by atoms with E-state index in [1.807, 2.05) is 31.2 Å². The first-order valence-corrected chi connectivity index (χ1v) is 7.33. The predicted octanol–water partition coefficient (Wildman–Crippen LogP) is 3.35. The van der Waals surface area contributed by atoms with E-state index in [9.17, 15) is 4.79 Å².